The number of piperidine rings is 1. The molecule has 0 spiro atoms. The van der Waals surface area contributed by atoms with Crippen molar-refractivity contribution in [1.29, 1.82) is 5.26 Å². The van der Waals surface area contributed by atoms with Gasteiger partial charge in [-0.25, -0.2) is 4.79 Å². The highest BCUT2D eigenvalue weighted by Gasteiger charge is 2.31. The predicted molar refractivity (Wildman–Crippen MR) is 104 cm³/mol. The second kappa shape index (κ2) is 9.60. The van der Waals surface area contributed by atoms with Crippen LogP contribution < -0.4 is 5.32 Å². The fourth-order valence-corrected chi connectivity index (χ4v) is 3.39. The summed E-state index contributed by atoms with van der Waals surface area (Å²) >= 11 is 0. The molecule has 0 aliphatic carbocycles. The Hall–Kier alpha value is -3.27. The minimum Gasteiger partial charge on any atom is -0.467 e. The summed E-state index contributed by atoms with van der Waals surface area (Å²) in [6.07, 6.45) is 3.33. The number of nitrogens with zero attached hydrogens (tertiary/aromatic N) is 3. The number of nitrogens with one attached hydrogen (secondary N) is 1. The van der Waals surface area contributed by atoms with Gasteiger partial charge in [0.25, 0.3) is 0 Å². The molecule has 2 aromatic rings. The molecule has 0 radical (unpaired) electrons. The Balaban J connectivity index is 1.62. The van der Waals surface area contributed by atoms with Gasteiger partial charge in [-0.3, -0.25) is 4.79 Å². The average Bonchev–Trinajstić information content (AvgIpc) is 3.24. The van der Waals surface area contributed by atoms with Crippen LogP contribution in [-0.2, 0) is 11.3 Å². The maximum absolute atomic E-state index is 13.1. The molecular weight excluding hydrogens is 356 g/mol. The van der Waals surface area contributed by atoms with Gasteiger partial charge in [-0.15, -0.1) is 0 Å². The Morgan fingerprint density at radius 1 is 1.25 bits per heavy atom. The van der Waals surface area contributed by atoms with E-state index in [1.807, 2.05) is 36.4 Å². The molecule has 1 aromatic heterocycles. The van der Waals surface area contributed by atoms with Gasteiger partial charge in [-0.05, 0) is 37.1 Å². The Kier molecular flexibility index (Phi) is 6.68. The zero-order valence-electron chi connectivity index (χ0n) is 15.7. The molecule has 0 bridgehead atoms. The van der Waals surface area contributed by atoms with E-state index in [0.29, 0.717) is 31.9 Å². The standard InChI is InChI=1S/C21H24N4O3/c22-11-6-13-24(16-19-10-5-14-28-19)20(26)17-7-4-12-25(15-17)21(27)23-18-8-2-1-3-9-18/h1-3,5,8-10,14,17H,4,6-7,12-13,15-16H2,(H,23,27). The highest BCUT2D eigenvalue weighted by molar-refractivity contribution is 5.90. The molecule has 1 fully saturated rings. The van der Waals surface area contributed by atoms with E-state index in [-0.39, 0.29) is 24.3 Å². The second-order valence-electron chi connectivity index (χ2n) is 6.83. The fourth-order valence-electron chi connectivity index (χ4n) is 3.39. The summed E-state index contributed by atoms with van der Waals surface area (Å²) in [5, 5.41) is 11.8. The molecule has 7 heteroatoms. The van der Waals surface area contributed by atoms with Crippen LogP contribution >= 0.6 is 0 Å². The summed E-state index contributed by atoms with van der Waals surface area (Å²) in [5.74, 6) is 0.369. The van der Waals surface area contributed by atoms with Crippen molar-refractivity contribution in [2.45, 2.75) is 25.8 Å². The van der Waals surface area contributed by atoms with Crippen LogP contribution in [0.15, 0.2) is 53.1 Å². The third-order valence-corrected chi connectivity index (χ3v) is 4.81. The van der Waals surface area contributed by atoms with E-state index in [2.05, 4.69) is 11.4 Å². The average molecular weight is 380 g/mol. The van der Waals surface area contributed by atoms with Crippen molar-refractivity contribution < 1.29 is 14.0 Å². The third-order valence-electron chi connectivity index (χ3n) is 4.81. The van der Waals surface area contributed by atoms with Crippen LogP contribution in [0.25, 0.3) is 0 Å². The molecule has 0 saturated carbocycles. The van der Waals surface area contributed by atoms with Crippen molar-refractivity contribution in [3.8, 4) is 6.07 Å². The van der Waals surface area contributed by atoms with Crippen LogP contribution in [0.2, 0.25) is 0 Å². The van der Waals surface area contributed by atoms with Crippen LogP contribution in [0.4, 0.5) is 10.5 Å². The summed E-state index contributed by atoms with van der Waals surface area (Å²) < 4.78 is 5.36. The van der Waals surface area contributed by atoms with Crippen LogP contribution in [0.1, 0.15) is 25.0 Å². The van der Waals surface area contributed by atoms with Crippen molar-refractivity contribution in [3.63, 3.8) is 0 Å². The Morgan fingerprint density at radius 2 is 2.07 bits per heavy atom. The van der Waals surface area contributed by atoms with Crippen molar-refractivity contribution in [2.24, 2.45) is 5.92 Å². The molecule has 1 N–H and O–H groups in total. The maximum atomic E-state index is 13.1. The van der Waals surface area contributed by atoms with Gasteiger partial charge in [0, 0.05) is 25.3 Å². The second-order valence-corrected chi connectivity index (χ2v) is 6.83. The molecule has 3 amide bonds. The number of amides is 3. The number of carbonyl (C=O) groups is 2. The molecule has 28 heavy (non-hydrogen) atoms. The highest BCUT2D eigenvalue weighted by atomic mass is 16.3. The Morgan fingerprint density at radius 3 is 2.79 bits per heavy atom. The number of para-hydroxylation sites is 1. The molecule has 1 aromatic carbocycles. The zero-order valence-corrected chi connectivity index (χ0v) is 15.7. The van der Waals surface area contributed by atoms with E-state index in [9.17, 15) is 9.59 Å². The first-order chi connectivity index (χ1) is 13.7. The lowest BCUT2D eigenvalue weighted by molar-refractivity contribution is -0.137. The number of carbonyl (C=O) groups excluding carboxylic acids is 2. The molecule has 146 valence electrons. The van der Waals surface area contributed by atoms with E-state index in [1.165, 1.54) is 0 Å². The SMILES string of the molecule is N#CCCN(Cc1ccco1)C(=O)C1CCCN(C(=O)Nc2ccccc2)C1. The first kappa shape index (κ1) is 19.5. The number of benzene rings is 1. The predicted octanol–water partition coefficient (Wildman–Crippen LogP) is 3.47. The third kappa shape index (κ3) is 5.13. The Labute approximate surface area is 164 Å². The van der Waals surface area contributed by atoms with Gasteiger partial charge in [0.15, 0.2) is 0 Å². The summed E-state index contributed by atoms with van der Waals surface area (Å²) in [4.78, 5) is 29.0. The number of hydrogen-bond donors (Lipinski definition) is 1. The minimum atomic E-state index is -0.274. The minimum absolute atomic E-state index is 0.0381. The molecule has 1 atom stereocenters. The van der Waals surface area contributed by atoms with Crippen molar-refractivity contribution in [1.82, 2.24) is 9.80 Å². The molecule has 2 heterocycles. The number of furan rings is 1. The van der Waals surface area contributed by atoms with E-state index in [4.69, 9.17) is 9.68 Å². The first-order valence-electron chi connectivity index (χ1n) is 9.46. The smallest absolute Gasteiger partial charge is 0.321 e. The zero-order chi connectivity index (χ0) is 19.8. The number of anilines is 1. The quantitative estimate of drug-likeness (QED) is 0.831. The monoisotopic (exact) mass is 380 g/mol. The van der Waals surface area contributed by atoms with E-state index in [0.717, 1.165) is 18.5 Å². The van der Waals surface area contributed by atoms with Gasteiger partial charge in [0.05, 0.1) is 31.2 Å². The van der Waals surface area contributed by atoms with Crippen LogP contribution in [0, 0.1) is 17.2 Å². The largest absolute Gasteiger partial charge is 0.467 e. The summed E-state index contributed by atoms with van der Waals surface area (Å²) in [6, 6.07) is 14.8. The van der Waals surface area contributed by atoms with Gasteiger partial charge >= 0.3 is 6.03 Å². The normalized spacial score (nSPS) is 16.2. The van der Waals surface area contributed by atoms with E-state index >= 15 is 0 Å². The number of urea groups is 1. The number of likely N-dealkylation sites (tertiary alicyclic amines) is 1. The number of rotatable bonds is 6. The van der Waals surface area contributed by atoms with Crippen molar-refractivity contribution in [2.75, 3.05) is 25.0 Å². The van der Waals surface area contributed by atoms with Gasteiger partial charge < -0.3 is 19.5 Å². The number of hydrogen-bond acceptors (Lipinski definition) is 4. The molecule has 7 nitrogen and oxygen atoms in total. The van der Waals surface area contributed by atoms with Crippen molar-refractivity contribution in [3.05, 3.63) is 54.5 Å². The van der Waals surface area contributed by atoms with E-state index in [1.54, 1.807) is 22.1 Å². The maximum Gasteiger partial charge on any atom is 0.321 e. The van der Waals surface area contributed by atoms with Crippen LogP contribution in [0.5, 0.6) is 0 Å². The van der Waals surface area contributed by atoms with Gasteiger partial charge in [0.1, 0.15) is 5.76 Å². The summed E-state index contributed by atoms with van der Waals surface area (Å²) in [6.45, 7) is 1.68. The number of nitriles is 1. The topological polar surface area (TPSA) is 89.6 Å². The fraction of sp³-hybridized carbons (Fsp3) is 0.381. The molecule has 1 unspecified atom stereocenters. The van der Waals surface area contributed by atoms with Gasteiger partial charge in [-0.2, -0.15) is 5.26 Å². The summed E-state index contributed by atoms with van der Waals surface area (Å²) in [5.41, 5.74) is 0.731. The summed E-state index contributed by atoms with van der Waals surface area (Å²) in [7, 11) is 0. The van der Waals surface area contributed by atoms with Gasteiger partial charge in [-0.1, -0.05) is 18.2 Å². The van der Waals surface area contributed by atoms with Crippen molar-refractivity contribution >= 4 is 17.6 Å². The lowest BCUT2D eigenvalue weighted by atomic mass is 9.96. The van der Waals surface area contributed by atoms with Crippen LogP contribution in [-0.4, -0.2) is 41.4 Å². The van der Waals surface area contributed by atoms with Gasteiger partial charge in [0.2, 0.25) is 5.91 Å². The molecular formula is C21H24N4O3. The first-order valence-corrected chi connectivity index (χ1v) is 9.46. The molecule has 3 rings (SSSR count). The molecule has 1 aliphatic rings. The highest BCUT2D eigenvalue weighted by Crippen LogP contribution is 2.21. The molecule has 1 saturated heterocycles. The molecule has 1 aliphatic heterocycles. The Bertz CT molecular complexity index is 814. The lowest BCUT2D eigenvalue weighted by Gasteiger charge is -2.34. The lowest BCUT2D eigenvalue weighted by Crippen LogP contribution is -2.48. The van der Waals surface area contributed by atoms with Crippen LogP contribution in [0.3, 0.4) is 0 Å². The van der Waals surface area contributed by atoms with E-state index < -0.39 is 0 Å².